The van der Waals surface area contributed by atoms with E-state index in [0.29, 0.717) is 0 Å². The smallest absolute Gasteiger partial charge is 0.326 e. The molecular weight excluding hydrogens is 210 g/mol. The first kappa shape index (κ1) is 11.8. The summed E-state index contributed by atoms with van der Waals surface area (Å²) in [6.45, 7) is 2.04. The third-order valence-electron chi connectivity index (χ3n) is 1.97. The Labute approximate surface area is 94.2 Å². The third kappa shape index (κ3) is 3.43. The standard InChI is InChI=1S/C10H15N3OS/c1-8(9-5-4-6-12-7-9)15-13(3)10(14)11-2/h4-8H,1-3H3,(H,11,14). The lowest BCUT2D eigenvalue weighted by atomic mass is 10.2. The summed E-state index contributed by atoms with van der Waals surface area (Å²) in [5, 5.41) is 2.78. The van der Waals surface area contributed by atoms with Gasteiger partial charge in [-0.1, -0.05) is 6.07 Å². The Morgan fingerprint density at radius 3 is 2.93 bits per heavy atom. The fraction of sp³-hybridized carbons (Fsp3) is 0.400. The monoisotopic (exact) mass is 225 g/mol. The number of hydrogen-bond acceptors (Lipinski definition) is 3. The molecule has 0 aliphatic heterocycles. The Hall–Kier alpha value is -1.23. The predicted octanol–water partition coefficient (Wildman–Crippen LogP) is 2.06. The van der Waals surface area contributed by atoms with Crippen LogP contribution < -0.4 is 5.32 Å². The quantitative estimate of drug-likeness (QED) is 0.801. The van der Waals surface area contributed by atoms with Crippen molar-refractivity contribution in [2.45, 2.75) is 12.2 Å². The normalized spacial score (nSPS) is 11.9. The Morgan fingerprint density at radius 2 is 2.40 bits per heavy atom. The van der Waals surface area contributed by atoms with Crippen LogP contribution in [0.1, 0.15) is 17.7 Å². The van der Waals surface area contributed by atoms with Gasteiger partial charge in [0.05, 0.1) is 0 Å². The summed E-state index contributed by atoms with van der Waals surface area (Å²) >= 11 is 1.47. The molecule has 1 aromatic heterocycles. The van der Waals surface area contributed by atoms with Gasteiger partial charge in [-0.2, -0.15) is 0 Å². The lowest BCUT2D eigenvalue weighted by Crippen LogP contribution is -2.30. The molecule has 1 unspecified atom stereocenters. The first-order valence-electron chi connectivity index (χ1n) is 4.67. The molecule has 1 N–H and O–H groups in total. The molecule has 1 atom stereocenters. The van der Waals surface area contributed by atoms with Crippen LogP contribution in [-0.4, -0.2) is 29.4 Å². The maximum Gasteiger partial charge on any atom is 0.326 e. The minimum atomic E-state index is -0.101. The van der Waals surface area contributed by atoms with Crippen molar-refractivity contribution in [1.29, 1.82) is 0 Å². The van der Waals surface area contributed by atoms with Gasteiger partial charge in [0.2, 0.25) is 0 Å². The summed E-state index contributed by atoms with van der Waals surface area (Å²) in [4.78, 5) is 15.3. The third-order valence-corrected chi connectivity index (χ3v) is 3.04. The summed E-state index contributed by atoms with van der Waals surface area (Å²) < 4.78 is 1.58. The molecule has 0 saturated heterocycles. The molecule has 0 fully saturated rings. The molecule has 15 heavy (non-hydrogen) atoms. The number of amides is 2. The van der Waals surface area contributed by atoms with Crippen LogP contribution in [0.2, 0.25) is 0 Å². The SMILES string of the molecule is CNC(=O)N(C)SC(C)c1cccnc1. The van der Waals surface area contributed by atoms with Crippen molar-refractivity contribution >= 4 is 18.0 Å². The predicted molar refractivity (Wildman–Crippen MR) is 62.5 cm³/mol. The first-order valence-corrected chi connectivity index (χ1v) is 5.51. The molecule has 0 aromatic carbocycles. The molecule has 0 aliphatic carbocycles. The largest absolute Gasteiger partial charge is 0.340 e. The minimum Gasteiger partial charge on any atom is -0.340 e. The van der Waals surface area contributed by atoms with E-state index in [-0.39, 0.29) is 11.3 Å². The molecule has 0 aliphatic rings. The van der Waals surface area contributed by atoms with Crippen LogP contribution in [-0.2, 0) is 0 Å². The lowest BCUT2D eigenvalue weighted by molar-refractivity contribution is 0.232. The van der Waals surface area contributed by atoms with Crippen molar-refractivity contribution in [1.82, 2.24) is 14.6 Å². The average Bonchev–Trinajstić information content (AvgIpc) is 2.29. The van der Waals surface area contributed by atoms with Crippen LogP contribution in [0.3, 0.4) is 0 Å². The molecule has 1 aromatic rings. The van der Waals surface area contributed by atoms with Crippen molar-refractivity contribution in [3.05, 3.63) is 30.1 Å². The van der Waals surface area contributed by atoms with Crippen LogP contribution in [0.25, 0.3) is 0 Å². The second-order valence-corrected chi connectivity index (χ2v) is 4.55. The Balaban J connectivity index is 2.56. The lowest BCUT2D eigenvalue weighted by Gasteiger charge is -2.19. The molecule has 0 bridgehead atoms. The van der Waals surface area contributed by atoms with E-state index in [2.05, 4.69) is 10.3 Å². The highest BCUT2D eigenvalue weighted by Crippen LogP contribution is 2.29. The second-order valence-electron chi connectivity index (χ2n) is 3.09. The Kier molecular flexibility index (Phi) is 4.42. The van der Waals surface area contributed by atoms with E-state index in [1.54, 1.807) is 24.6 Å². The average molecular weight is 225 g/mol. The summed E-state index contributed by atoms with van der Waals surface area (Å²) in [6, 6.07) is 3.80. The molecule has 2 amide bonds. The summed E-state index contributed by atoms with van der Waals surface area (Å²) in [5.74, 6) is 0. The van der Waals surface area contributed by atoms with Gasteiger partial charge in [-0.15, -0.1) is 0 Å². The van der Waals surface area contributed by atoms with E-state index in [1.165, 1.54) is 11.9 Å². The van der Waals surface area contributed by atoms with Crippen LogP contribution in [0.15, 0.2) is 24.5 Å². The number of carbonyl (C=O) groups is 1. The number of hydrogen-bond donors (Lipinski definition) is 1. The number of pyridine rings is 1. The Bertz CT molecular complexity index is 318. The summed E-state index contributed by atoms with van der Waals surface area (Å²) in [6.07, 6.45) is 3.55. The fourth-order valence-electron chi connectivity index (χ4n) is 1.12. The van der Waals surface area contributed by atoms with Gasteiger partial charge in [-0.25, -0.2) is 4.79 Å². The zero-order valence-electron chi connectivity index (χ0n) is 9.10. The van der Waals surface area contributed by atoms with Crippen LogP contribution in [0, 0.1) is 0 Å². The molecule has 4 nitrogen and oxygen atoms in total. The number of nitrogens with zero attached hydrogens (tertiary/aromatic N) is 2. The number of urea groups is 1. The zero-order chi connectivity index (χ0) is 11.3. The van der Waals surface area contributed by atoms with Gasteiger partial charge in [0, 0.05) is 31.7 Å². The van der Waals surface area contributed by atoms with Crippen LogP contribution >= 0.6 is 11.9 Å². The molecular formula is C10H15N3OS. The van der Waals surface area contributed by atoms with E-state index < -0.39 is 0 Å². The number of carbonyl (C=O) groups excluding carboxylic acids is 1. The molecule has 1 heterocycles. The van der Waals surface area contributed by atoms with Crippen molar-refractivity contribution in [3.8, 4) is 0 Å². The molecule has 1 rings (SSSR count). The first-order chi connectivity index (χ1) is 7.15. The topological polar surface area (TPSA) is 45.2 Å². The van der Waals surface area contributed by atoms with Crippen molar-refractivity contribution in [3.63, 3.8) is 0 Å². The van der Waals surface area contributed by atoms with E-state index in [4.69, 9.17) is 0 Å². The van der Waals surface area contributed by atoms with Gasteiger partial charge in [0.1, 0.15) is 0 Å². The minimum absolute atomic E-state index is 0.101. The maximum absolute atomic E-state index is 11.3. The van der Waals surface area contributed by atoms with E-state index in [0.717, 1.165) is 5.56 Å². The van der Waals surface area contributed by atoms with Crippen LogP contribution in [0.4, 0.5) is 4.79 Å². The van der Waals surface area contributed by atoms with Gasteiger partial charge < -0.3 is 5.32 Å². The number of nitrogens with one attached hydrogen (secondary N) is 1. The van der Waals surface area contributed by atoms with Gasteiger partial charge in [0.25, 0.3) is 0 Å². The van der Waals surface area contributed by atoms with E-state index in [9.17, 15) is 4.79 Å². The second kappa shape index (κ2) is 5.60. The highest BCUT2D eigenvalue weighted by Gasteiger charge is 2.13. The molecule has 5 heteroatoms. The van der Waals surface area contributed by atoms with Crippen molar-refractivity contribution < 1.29 is 4.79 Å². The van der Waals surface area contributed by atoms with Gasteiger partial charge in [-0.05, 0) is 30.5 Å². The molecule has 0 saturated carbocycles. The Morgan fingerprint density at radius 1 is 1.67 bits per heavy atom. The van der Waals surface area contributed by atoms with Crippen molar-refractivity contribution in [2.24, 2.45) is 0 Å². The zero-order valence-corrected chi connectivity index (χ0v) is 9.91. The fourth-order valence-corrected chi connectivity index (χ4v) is 2.04. The van der Waals surface area contributed by atoms with E-state index in [1.807, 2.05) is 25.3 Å². The van der Waals surface area contributed by atoms with Gasteiger partial charge in [0.15, 0.2) is 0 Å². The van der Waals surface area contributed by atoms with Crippen molar-refractivity contribution in [2.75, 3.05) is 14.1 Å². The maximum atomic E-state index is 11.3. The van der Waals surface area contributed by atoms with E-state index >= 15 is 0 Å². The molecule has 82 valence electrons. The molecule has 0 spiro atoms. The number of aromatic nitrogens is 1. The number of rotatable bonds is 3. The van der Waals surface area contributed by atoms with Gasteiger partial charge >= 0.3 is 6.03 Å². The van der Waals surface area contributed by atoms with Crippen LogP contribution in [0.5, 0.6) is 0 Å². The molecule has 0 radical (unpaired) electrons. The highest BCUT2D eigenvalue weighted by atomic mass is 32.2. The highest BCUT2D eigenvalue weighted by molar-refractivity contribution is 7.97. The van der Waals surface area contributed by atoms with Gasteiger partial charge in [-0.3, -0.25) is 9.29 Å². The summed E-state index contributed by atoms with van der Waals surface area (Å²) in [7, 11) is 3.37. The summed E-state index contributed by atoms with van der Waals surface area (Å²) in [5.41, 5.74) is 1.11.